The molecule has 0 atom stereocenters. The number of likely N-dealkylation sites (tertiary alicyclic amines) is 1. The van der Waals surface area contributed by atoms with Crippen LogP contribution < -0.4 is 0 Å². The molecule has 1 fully saturated rings. The number of rotatable bonds is 2. The minimum atomic E-state index is -0.728. The van der Waals surface area contributed by atoms with Gasteiger partial charge in [-0.05, 0) is 24.6 Å². The molecule has 0 aliphatic carbocycles. The van der Waals surface area contributed by atoms with E-state index in [1.165, 1.54) is 6.08 Å². The number of benzene rings is 1. The van der Waals surface area contributed by atoms with E-state index in [0.29, 0.717) is 18.1 Å². The van der Waals surface area contributed by atoms with E-state index in [-0.39, 0.29) is 5.91 Å². The first-order valence-electron chi connectivity index (χ1n) is 5.42. The molecule has 0 unspecified atom stereocenters. The molecule has 17 heavy (non-hydrogen) atoms. The number of hydrogen-bond acceptors (Lipinski definition) is 2. The van der Waals surface area contributed by atoms with Gasteiger partial charge in [0.1, 0.15) is 0 Å². The van der Waals surface area contributed by atoms with Crippen molar-refractivity contribution in [3.8, 4) is 0 Å². The highest BCUT2D eigenvalue weighted by Crippen LogP contribution is 2.21. The summed E-state index contributed by atoms with van der Waals surface area (Å²) >= 11 is 5.96. The van der Waals surface area contributed by atoms with Gasteiger partial charge in [0.05, 0.1) is 18.7 Å². The summed E-state index contributed by atoms with van der Waals surface area (Å²) in [6, 6.07) is 7.33. The highest BCUT2D eigenvalue weighted by atomic mass is 35.5. The lowest BCUT2D eigenvalue weighted by Gasteiger charge is -2.43. The van der Waals surface area contributed by atoms with Crippen molar-refractivity contribution in [1.82, 2.24) is 4.90 Å². The minimum Gasteiger partial charge on any atom is -0.386 e. The molecule has 1 aliphatic heterocycles. The van der Waals surface area contributed by atoms with Crippen LogP contribution in [0.2, 0.25) is 5.02 Å². The van der Waals surface area contributed by atoms with Crippen LogP contribution in [0.3, 0.4) is 0 Å². The van der Waals surface area contributed by atoms with Crippen molar-refractivity contribution >= 4 is 23.6 Å². The predicted octanol–water partition coefficient (Wildman–Crippen LogP) is 1.95. The molecule has 4 heteroatoms. The molecule has 1 saturated heterocycles. The Kier molecular flexibility index (Phi) is 3.22. The van der Waals surface area contributed by atoms with Crippen LogP contribution >= 0.6 is 11.6 Å². The first-order valence-corrected chi connectivity index (χ1v) is 5.80. The van der Waals surface area contributed by atoms with Gasteiger partial charge in [0.25, 0.3) is 0 Å². The van der Waals surface area contributed by atoms with E-state index in [2.05, 4.69) is 0 Å². The molecule has 0 saturated carbocycles. The normalized spacial score (nSPS) is 18.2. The van der Waals surface area contributed by atoms with E-state index >= 15 is 0 Å². The summed E-state index contributed by atoms with van der Waals surface area (Å²) in [7, 11) is 0. The van der Waals surface area contributed by atoms with Crippen LogP contribution in [-0.2, 0) is 4.79 Å². The zero-order valence-corrected chi connectivity index (χ0v) is 10.3. The lowest BCUT2D eigenvalue weighted by atomic mass is 9.97. The molecule has 2 rings (SSSR count). The fraction of sp³-hybridized carbons (Fsp3) is 0.308. The van der Waals surface area contributed by atoms with Gasteiger partial charge >= 0.3 is 0 Å². The molecular weight excluding hydrogens is 238 g/mol. The fourth-order valence-electron chi connectivity index (χ4n) is 1.81. The number of carbonyl (C=O) groups excluding carboxylic acids is 1. The zero-order chi connectivity index (χ0) is 12.5. The van der Waals surface area contributed by atoms with E-state index in [9.17, 15) is 9.90 Å². The van der Waals surface area contributed by atoms with Gasteiger partial charge in [-0.2, -0.15) is 0 Å². The van der Waals surface area contributed by atoms with E-state index in [1.54, 1.807) is 24.0 Å². The smallest absolute Gasteiger partial charge is 0.246 e. The zero-order valence-electron chi connectivity index (χ0n) is 9.56. The van der Waals surface area contributed by atoms with Crippen LogP contribution in [0.15, 0.2) is 30.3 Å². The van der Waals surface area contributed by atoms with Crippen LogP contribution in [0, 0.1) is 0 Å². The summed E-state index contributed by atoms with van der Waals surface area (Å²) in [5.41, 5.74) is 0.0863. The molecule has 3 nitrogen and oxygen atoms in total. The van der Waals surface area contributed by atoms with E-state index in [0.717, 1.165) is 5.56 Å². The Labute approximate surface area is 105 Å². The van der Waals surface area contributed by atoms with Crippen LogP contribution in [0.4, 0.5) is 0 Å². The highest BCUT2D eigenvalue weighted by molar-refractivity contribution is 6.32. The van der Waals surface area contributed by atoms with E-state index < -0.39 is 5.60 Å². The third kappa shape index (κ3) is 2.87. The largest absolute Gasteiger partial charge is 0.386 e. The summed E-state index contributed by atoms with van der Waals surface area (Å²) < 4.78 is 0. The standard InChI is InChI=1S/C13H14ClNO2/c1-13(17)8-15(9-13)12(16)7-6-10-4-2-3-5-11(10)14/h2-7,17H,8-9H2,1H3. The van der Waals surface area contributed by atoms with Crippen LogP contribution in [-0.4, -0.2) is 34.6 Å². The van der Waals surface area contributed by atoms with Gasteiger partial charge in [-0.1, -0.05) is 29.8 Å². The van der Waals surface area contributed by atoms with Crippen molar-refractivity contribution in [3.05, 3.63) is 40.9 Å². The Bertz CT molecular complexity index is 460. The Morgan fingerprint density at radius 1 is 1.47 bits per heavy atom. The summed E-state index contributed by atoms with van der Waals surface area (Å²) in [6.45, 7) is 2.49. The predicted molar refractivity (Wildman–Crippen MR) is 67.7 cm³/mol. The van der Waals surface area contributed by atoms with Gasteiger partial charge in [0.15, 0.2) is 0 Å². The Morgan fingerprint density at radius 2 is 2.12 bits per heavy atom. The first-order chi connectivity index (χ1) is 7.98. The lowest BCUT2D eigenvalue weighted by molar-refractivity contribution is -0.146. The highest BCUT2D eigenvalue weighted by Gasteiger charge is 2.38. The molecule has 1 aliphatic rings. The molecule has 1 aromatic carbocycles. The topological polar surface area (TPSA) is 40.5 Å². The second kappa shape index (κ2) is 4.51. The quantitative estimate of drug-likeness (QED) is 0.817. The molecule has 1 heterocycles. The lowest BCUT2D eigenvalue weighted by Crippen LogP contribution is -2.61. The van der Waals surface area contributed by atoms with Gasteiger partial charge in [-0.25, -0.2) is 0 Å². The minimum absolute atomic E-state index is 0.101. The Hall–Kier alpha value is -1.32. The summed E-state index contributed by atoms with van der Waals surface area (Å²) in [5.74, 6) is -0.101. The maximum absolute atomic E-state index is 11.7. The van der Waals surface area contributed by atoms with Gasteiger partial charge in [-0.15, -0.1) is 0 Å². The fourth-order valence-corrected chi connectivity index (χ4v) is 2.01. The Balaban J connectivity index is 1.98. The van der Waals surface area contributed by atoms with Crippen molar-refractivity contribution in [2.75, 3.05) is 13.1 Å². The summed E-state index contributed by atoms with van der Waals surface area (Å²) in [5, 5.41) is 10.1. The summed E-state index contributed by atoms with van der Waals surface area (Å²) in [6.07, 6.45) is 3.17. The molecule has 90 valence electrons. The number of hydrogen-bond donors (Lipinski definition) is 1. The number of amides is 1. The van der Waals surface area contributed by atoms with Gasteiger partial charge in [0, 0.05) is 11.1 Å². The second-order valence-electron chi connectivity index (χ2n) is 4.55. The van der Waals surface area contributed by atoms with Gasteiger partial charge in [-0.3, -0.25) is 4.79 Å². The van der Waals surface area contributed by atoms with Crippen molar-refractivity contribution in [2.24, 2.45) is 0 Å². The van der Waals surface area contributed by atoms with Gasteiger partial charge in [0.2, 0.25) is 5.91 Å². The molecule has 0 aromatic heterocycles. The molecule has 0 radical (unpaired) electrons. The third-order valence-corrected chi connectivity index (χ3v) is 3.03. The molecule has 0 bridgehead atoms. The first kappa shape index (κ1) is 12.1. The number of carbonyl (C=O) groups is 1. The SMILES string of the molecule is CC1(O)CN(C(=O)C=Cc2ccccc2Cl)C1. The molecular formula is C13H14ClNO2. The van der Waals surface area contributed by atoms with E-state index in [4.69, 9.17) is 11.6 Å². The van der Waals surface area contributed by atoms with Gasteiger partial charge < -0.3 is 10.0 Å². The van der Waals surface area contributed by atoms with Crippen molar-refractivity contribution in [2.45, 2.75) is 12.5 Å². The van der Waals surface area contributed by atoms with Crippen molar-refractivity contribution in [1.29, 1.82) is 0 Å². The van der Waals surface area contributed by atoms with Crippen molar-refractivity contribution in [3.63, 3.8) is 0 Å². The number of aliphatic hydroxyl groups is 1. The average molecular weight is 252 g/mol. The second-order valence-corrected chi connectivity index (χ2v) is 4.95. The molecule has 0 spiro atoms. The van der Waals surface area contributed by atoms with Crippen LogP contribution in [0.5, 0.6) is 0 Å². The van der Waals surface area contributed by atoms with Crippen LogP contribution in [0.1, 0.15) is 12.5 Å². The van der Waals surface area contributed by atoms with Crippen molar-refractivity contribution < 1.29 is 9.90 Å². The Morgan fingerprint density at radius 3 is 2.71 bits per heavy atom. The molecule has 1 amide bonds. The van der Waals surface area contributed by atoms with Crippen LogP contribution in [0.25, 0.3) is 6.08 Å². The maximum Gasteiger partial charge on any atom is 0.246 e. The number of halogens is 1. The van der Waals surface area contributed by atoms with E-state index in [1.807, 2.05) is 18.2 Å². The summed E-state index contributed by atoms with van der Waals surface area (Å²) in [4.78, 5) is 13.3. The third-order valence-electron chi connectivity index (χ3n) is 2.69. The number of nitrogens with zero attached hydrogens (tertiary/aromatic N) is 1. The maximum atomic E-state index is 11.7. The average Bonchev–Trinajstić information content (AvgIpc) is 2.24. The molecule has 1 aromatic rings. The molecule has 1 N–H and O–H groups in total. The number of β-amino-alcohol motifs (C(OH)–C–C–N with tert-alkyl or cyclic N) is 1. The monoisotopic (exact) mass is 251 g/mol.